The second-order valence-corrected chi connectivity index (χ2v) is 4.38. The Morgan fingerprint density at radius 2 is 1.90 bits per heavy atom. The first-order valence-corrected chi connectivity index (χ1v) is 5.90. The molecule has 0 unspecified atom stereocenters. The molecule has 0 atom stereocenters. The number of anilines is 1. The van der Waals surface area contributed by atoms with Gasteiger partial charge in [0.15, 0.2) is 0 Å². The molecule has 0 aliphatic heterocycles. The van der Waals surface area contributed by atoms with E-state index in [1.807, 2.05) is 4.98 Å². The van der Waals surface area contributed by atoms with E-state index in [1.54, 1.807) is 6.92 Å². The third-order valence-corrected chi connectivity index (χ3v) is 2.61. The van der Waals surface area contributed by atoms with Crippen LogP contribution in [0, 0.1) is 6.92 Å². The highest BCUT2D eigenvalue weighted by Crippen LogP contribution is 2.16. The summed E-state index contributed by atoms with van der Waals surface area (Å²) in [7, 11) is 0. The van der Waals surface area contributed by atoms with Crippen molar-refractivity contribution in [3.8, 4) is 0 Å². The van der Waals surface area contributed by atoms with Gasteiger partial charge in [0, 0.05) is 17.5 Å². The second-order valence-electron chi connectivity index (χ2n) is 4.38. The predicted octanol–water partition coefficient (Wildman–Crippen LogP) is -0.421. The second kappa shape index (κ2) is 5.49. The van der Waals surface area contributed by atoms with Crippen LogP contribution in [0.2, 0.25) is 0 Å². The number of nitrogens with one attached hydrogen (secondary N) is 4. The maximum absolute atomic E-state index is 11.8. The van der Waals surface area contributed by atoms with Gasteiger partial charge in [0.1, 0.15) is 5.69 Å². The van der Waals surface area contributed by atoms with Crippen LogP contribution in [-0.2, 0) is 11.2 Å². The van der Waals surface area contributed by atoms with E-state index in [0.717, 1.165) is 6.07 Å². The van der Waals surface area contributed by atoms with Crippen molar-refractivity contribution in [1.29, 1.82) is 0 Å². The maximum Gasteiger partial charge on any atom is 0.354 e. The van der Waals surface area contributed by atoms with Gasteiger partial charge in [-0.2, -0.15) is 0 Å². The van der Waals surface area contributed by atoms with E-state index in [2.05, 4.69) is 15.3 Å². The van der Waals surface area contributed by atoms with E-state index >= 15 is 0 Å². The summed E-state index contributed by atoms with van der Waals surface area (Å²) in [6.45, 7) is 1.65. The molecule has 9 heteroatoms. The molecule has 9 nitrogen and oxygen atoms in total. The lowest BCUT2D eigenvalue weighted by Crippen LogP contribution is -2.25. The standard InChI is InChI=1S/C12H12N4O5/c1-5-2-7(10(13-5)11(19)20)15-8(17)3-6-4-9(18)16-12(21)14-6/h2,4,13H,3H2,1H3,(H,15,17)(H,19,20)(H2,14,16,18,21). The molecule has 2 heterocycles. The molecule has 0 aliphatic rings. The van der Waals surface area contributed by atoms with Gasteiger partial charge in [-0.05, 0) is 13.0 Å². The Hall–Kier alpha value is -3.10. The minimum absolute atomic E-state index is 0.122. The Bertz CT molecular complexity index is 785. The van der Waals surface area contributed by atoms with Gasteiger partial charge in [-0.25, -0.2) is 9.59 Å². The van der Waals surface area contributed by atoms with Gasteiger partial charge in [0.2, 0.25) is 5.91 Å². The zero-order chi connectivity index (χ0) is 15.6. The number of carboxylic acid groups (broad SMARTS) is 1. The van der Waals surface area contributed by atoms with Crippen molar-refractivity contribution in [2.75, 3.05) is 5.32 Å². The number of hydrogen-bond donors (Lipinski definition) is 5. The zero-order valence-electron chi connectivity index (χ0n) is 10.9. The average Bonchev–Trinajstić information content (AvgIpc) is 2.68. The number of aromatic nitrogens is 3. The van der Waals surface area contributed by atoms with Crippen LogP contribution >= 0.6 is 0 Å². The monoisotopic (exact) mass is 292 g/mol. The Kier molecular flexibility index (Phi) is 3.74. The van der Waals surface area contributed by atoms with Crippen molar-refractivity contribution in [2.24, 2.45) is 0 Å². The molecule has 1 amide bonds. The highest BCUT2D eigenvalue weighted by atomic mass is 16.4. The van der Waals surface area contributed by atoms with E-state index in [1.165, 1.54) is 6.07 Å². The number of carbonyl (C=O) groups is 2. The minimum atomic E-state index is -1.21. The molecule has 0 aliphatic carbocycles. The fraction of sp³-hybridized carbons (Fsp3) is 0.167. The first-order chi connectivity index (χ1) is 9.85. The number of hydrogen-bond acceptors (Lipinski definition) is 4. The van der Waals surface area contributed by atoms with Crippen LogP contribution in [0.3, 0.4) is 0 Å². The van der Waals surface area contributed by atoms with E-state index in [9.17, 15) is 19.2 Å². The first-order valence-electron chi connectivity index (χ1n) is 5.90. The molecule has 0 aromatic carbocycles. The van der Waals surface area contributed by atoms with Crippen molar-refractivity contribution in [2.45, 2.75) is 13.3 Å². The van der Waals surface area contributed by atoms with Crippen LogP contribution in [-0.4, -0.2) is 31.9 Å². The Morgan fingerprint density at radius 1 is 1.19 bits per heavy atom. The van der Waals surface area contributed by atoms with Crippen molar-refractivity contribution < 1.29 is 14.7 Å². The maximum atomic E-state index is 11.8. The molecule has 0 bridgehead atoms. The number of amides is 1. The lowest BCUT2D eigenvalue weighted by Gasteiger charge is -2.04. The highest BCUT2D eigenvalue weighted by molar-refractivity contribution is 6.00. The van der Waals surface area contributed by atoms with E-state index in [4.69, 9.17) is 5.11 Å². The molecule has 0 saturated heterocycles. The topological polar surface area (TPSA) is 148 Å². The molecular formula is C12H12N4O5. The van der Waals surface area contributed by atoms with Gasteiger partial charge < -0.3 is 20.4 Å². The summed E-state index contributed by atoms with van der Waals surface area (Å²) >= 11 is 0. The fourth-order valence-corrected chi connectivity index (χ4v) is 1.84. The van der Waals surface area contributed by atoms with Crippen LogP contribution in [0.15, 0.2) is 21.7 Å². The first kappa shape index (κ1) is 14.3. The van der Waals surface area contributed by atoms with E-state index < -0.39 is 23.1 Å². The van der Waals surface area contributed by atoms with Gasteiger partial charge in [-0.1, -0.05) is 0 Å². The van der Waals surface area contributed by atoms with Crippen LogP contribution in [0.5, 0.6) is 0 Å². The smallest absolute Gasteiger partial charge is 0.354 e. The van der Waals surface area contributed by atoms with Crippen LogP contribution in [0.4, 0.5) is 5.69 Å². The molecule has 2 rings (SSSR count). The number of rotatable bonds is 4. The van der Waals surface area contributed by atoms with Gasteiger partial charge in [0.05, 0.1) is 12.1 Å². The molecule has 0 spiro atoms. The van der Waals surface area contributed by atoms with E-state index in [-0.39, 0.29) is 23.5 Å². The Balaban J connectivity index is 2.17. The molecule has 110 valence electrons. The summed E-state index contributed by atoms with van der Waals surface area (Å²) in [5.74, 6) is -1.76. The number of aromatic amines is 3. The lowest BCUT2D eigenvalue weighted by molar-refractivity contribution is -0.115. The van der Waals surface area contributed by atoms with Crippen LogP contribution in [0.25, 0.3) is 0 Å². The summed E-state index contributed by atoms with van der Waals surface area (Å²) in [4.78, 5) is 51.9. The summed E-state index contributed by atoms with van der Waals surface area (Å²) < 4.78 is 0. The van der Waals surface area contributed by atoms with Crippen LogP contribution in [0.1, 0.15) is 21.9 Å². The third kappa shape index (κ3) is 3.47. The number of aryl methyl sites for hydroxylation is 1. The normalized spacial score (nSPS) is 10.3. The van der Waals surface area contributed by atoms with Gasteiger partial charge >= 0.3 is 11.7 Å². The SMILES string of the molecule is Cc1cc(NC(=O)Cc2cc(=O)[nH]c(=O)[nH]2)c(C(=O)O)[nH]1. The Labute approximate surface area is 117 Å². The summed E-state index contributed by atoms with van der Waals surface area (Å²) in [5, 5.41) is 11.4. The fourth-order valence-electron chi connectivity index (χ4n) is 1.84. The molecule has 0 saturated carbocycles. The molecule has 2 aromatic rings. The molecule has 2 aromatic heterocycles. The molecule has 0 radical (unpaired) electrons. The largest absolute Gasteiger partial charge is 0.477 e. The third-order valence-electron chi connectivity index (χ3n) is 2.61. The van der Waals surface area contributed by atoms with Crippen molar-refractivity contribution in [3.63, 3.8) is 0 Å². The van der Waals surface area contributed by atoms with E-state index in [0.29, 0.717) is 5.69 Å². The molecular weight excluding hydrogens is 280 g/mol. The lowest BCUT2D eigenvalue weighted by atomic mass is 10.2. The average molecular weight is 292 g/mol. The van der Waals surface area contributed by atoms with Crippen molar-refractivity contribution in [3.05, 3.63) is 50.1 Å². The van der Waals surface area contributed by atoms with Crippen molar-refractivity contribution >= 4 is 17.6 Å². The summed E-state index contributed by atoms with van der Waals surface area (Å²) in [5.41, 5.74) is -0.644. The predicted molar refractivity (Wildman–Crippen MR) is 72.5 cm³/mol. The molecule has 0 fully saturated rings. The number of H-pyrrole nitrogens is 3. The number of carbonyl (C=O) groups excluding carboxylic acids is 1. The number of carboxylic acids is 1. The van der Waals surface area contributed by atoms with Crippen LogP contribution < -0.4 is 16.6 Å². The zero-order valence-corrected chi connectivity index (χ0v) is 10.9. The molecule has 5 N–H and O–H groups in total. The summed E-state index contributed by atoms with van der Waals surface area (Å²) in [6.07, 6.45) is -0.261. The quantitative estimate of drug-likeness (QED) is 0.519. The van der Waals surface area contributed by atoms with Crippen molar-refractivity contribution in [1.82, 2.24) is 15.0 Å². The molecule has 21 heavy (non-hydrogen) atoms. The Morgan fingerprint density at radius 3 is 2.52 bits per heavy atom. The van der Waals surface area contributed by atoms with Gasteiger partial charge in [-0.15, -0.1) is 0 Å². The number of aromatic carboxylic acids is 1. The highest BCUT2D eigenvalue weighted by Gasteiger charge is 2.15. The van der Waals surface area contributed by atoms with Gasteiger partial charge in [0.25, 0.3) is 5.56 Å². The summed E-state index contributed by atoms with van der Waals surface area (Å²) in [6, 6.07) is 2.56. The van der Waals surface area contributed by atoms with Gasteiger partial charge in [-0.3, -0.25) is 14.6 Å². The minimum Gasteiger partial charge on any atom is -0.477 e.